The van der Waals surface area contributed by atoms with E-state index in [0.717, 1.165) is 6.04 Å². The van der Waals surface area contributed by atoms with Gasteiger partial charge in [0.15, 0.2) is 0 Å². The Hall–Kier alpha value is -0.410. The van der Waals surface area contributed by atoms with Crippen LogP contribution in [0.4, 0.5) is 0 Å². The lowest BCUT2D eigenvalue weighted by Gasteiger charge is -2.33. The summed E-state index contributed by atoms with van der Waals surface area (Å²) in [4.78, 5) is 6.32. The quantitative estimate of drug-likeness (QED) is 0.817. The molecule has 0 amide bonds. The van der Waals surface area contributed by atoms with Gasteiger partial charge in [0.05, 0.1) is 11.2 Å². The number of aromatic nitrogens is 1. The van der Waals surface area contributed by atoms with Crippen LogP contribution in [-0.2, 0) is 5.54 Å². The summed E-state index contributed by atoms with van der Waals surface area (Å²) < 4.78 is 0. The third-order valence-corrected chi connectivity index (χ3v) is 6.46. The van der Waals surface area contributed by atoms with Crippen molar-refractivity contribution in [2.45, 2.75) is 84.2 Å². The summed E-state index contributed by atoms with van der Waals surface area (Å²) in [5.74, 6) is 0. The molecular weight excluding hydrogens is 264 g/mol. The van der Waals surface area contributed by atoms with Gasteiger partial charge >= 0.3 is 0 Å². The molecule has 3 rings (SSSR count). The van der Waals surface area contributed by atoms with Crippen LogP contribution < -0.4 is 5.32 Å². The van der Waals surface area contributed by atoms with Crippen LogP contribution in [0.25, 0.3) is 0 Å². The Labute approximate surface area is 127 Å². The molecule has 1 atom stereocenters. The lowest BCUT2D eigenvalue weighted by Crippen LogP contribution is -2.43. The molecule has 0 radical (unpaired) electrons. The van der Waals surface area contributed by atoms with Gasteiger partial charge in [-0.05, 0) is 57.8 Å². The molecule has 112 valence electrons. The van der Waals surface area contributed by atoms with Crippen molar-refractivity contribution in [1.29, 1.82) is 0 Å². The Bertz CT molecular complexity index is 468. The van der Waals surface area contributed by atoms with Crippen molar-refractivity contribution >= 4 is 11.3 Å². The van der Waals surface area contributed by atoms with Crippen molar-refractivity contribution < 1.29 is 0 Å². The van der Waals surface area contributed by atoms with Gasteiger partial charge in [-0.1, -0.05) is 20.3 Å². The Morgan fingerprint density at radius 2 is 1.85 bits per heavy atom. The topological polar surface area (TPSA) is 24.9 Å². The van der Waals surface area contributed by atoms with Crippen LogP contribution in [0, 0.1) is 19.3 Å². The number of nitrogens with zero attached hydrogens (tertiary/aromatic N) is 1. The molecule has 1 aromatic heterocycles. The summed E-state index contributed by atoms with van der Waals surface area (Å²) in [7, 11) is 0. The maximum Gasteiger partial charge on any atom is 0.113 e. The van der Waals surface area contributed by atoms with E-state index in [1.165, 1.54) is 60.5 Å². The average Bonchev–Trinajstić information content (AvgIpc) is 3.13. The Kier molecular flexibility index (Phi) is 3.70. The number of rotatable bonds is 3. The van der Waals surface area contributed by atoms with Crippen molar-refractivity contribution in [1.82, 2.24) is 10.3 Å². The minimum atomic E-state index is 0.165. The molecule has 0 aliphatic heterocycles. The van der Waals surface area contributed by atoms with Crippen molar-refractivity contribution in [2.75, 3.05) is 0 Å². The molecule has 1 N–H and O–H groups in total. The highest BCUT2D eigenvalue weighted by molar-refractivity contribution is 7.11. The van der Waals surface area contributed by atoms with Crippen molar-refractivity contribution in [3.63, 3.8) is 0 Å². The lowest BCUT2D eigenvalue weighted by atomic mass is 9.83. The zero-order chi connectivity index (χ0) is 14.4. The van der Waals surface area contributed by atoms with E-state index in [9.17, 15) is 0 Å². The minimum Gasteiger partial charge on any atom is -0.303 e. The summed E-state index contributed by atoms with van der Waals surface area (Å²) in [5.41, 5.74) is 1.89. The molecule has 0 bridgehead atoms. The fourth-order valence-electron chi connectivity index (χ4n) is 3.39. The summed E-state index contributed by atoms with van der Waals surface area (Å²) in [6.07, 6.45) is 9.21. The number of hydrogen-bond acceptors (Lipinski definition) is 3. The molecule has 2 saturated carbocycles. The second kappa shape index (κ2) is 5.10. The van der Waals surface area contributed by atoms with Gasteiger partial charge in [0.2, 0.25) is 0 Å². The van der Waals surface area contributed by atoms with Crippen molar-refractivity contribution in [2.24, 2.45) is 5.41 Å². The third kappa shape index (κ3) is 2.94. The first kappa shape index (κ1) is 14.5. The highest BCUT2D eigenvalue weighted by Crippen LogP contribution is 2.45. The van der Waals surface area contributed by atoms with Gasteiger partial charge < -0.3 is 5.32 Å². The lowest BCUT2D eigenvalue weighted by molar-refractivity contribution is 0.261. The monoisotopic (exact) mass is 292 g/mol. The zero-order valence-corrected chi connectivity index (χ0v) is 14.2. The molecular formula is C17H28N2S. The maximum absolute atomic E-state index is 4.93. The zero-order valence-electron chi connectivity index (χ0n) is 13.4. The molecule has 0 aromatic carbocycles. The predicted octanol–water partition coefficient (Wildman–Crippen LogP) is 4.70. The first-order valence-electron chi connectivity index (χ1n) is 8.12. The Morgan fingerprint density at radius 1 is 1.10 bits per heavy atom. The van der Waals surface area contributed by atoms with E-state index < -0.39 is 0 Å². The Balaban J connectivity index is 1.91. The minimum absolute atomic E-state index is 0.165. The average molecular weight is 292 g/mol. The smallest absolute Gasteiger partial charge is 0.113 e. The van der Waals surface area contributed by atoms with Crippen LogP contribution in [0.1, 0.15) is 74.4 Å². The number of aryl methyl sites for hydroxylation is 2. The van der Waals surface area contributed by atoms with Crippen LogP contribution >= 0.6 is 11.3 Å². The SMILES string of the molecule is Cc1nc(C2(NC3CC3)CCCC(C)(C)CC2)sc1C. The van der Waals surface area contributed by atoms with E-state index in [0.29, 0.717) is 5.41 Å². The maximum atomic E-state index is 4.93. The first-order chi connectivity index (χ1) is 9.40. The van der Waals surface area contributed by atoms with E-state index in [-0.39, 0.29) is 5.54 Å². The molecule has 0 spiro atoms. The van der Waals surface area contributed by atoms with Crippen LogP contribution in [-0.4, -0.2) is 11.0 Å². The molecule has 20 heavy (non-hydrogen) atoms. The normalized spacial score (nSPS) is 30.2. The molecule has 2 nitrogen and oxygen atoms in total. The molecule has 1 heterocycles. The largest absolute Gasteiger partial charge is 0.303 e. The highest BCUT2D eigenvalue weighted by atomic mass is 32.1. The molecule has 2 aliphatic rings. The Morgan fingerprint density at radius 3 is 2.45 bits per heavy atom. The van der Waals surface area contributed by atoms with Crippen LogP contribution in [0.2, 0.25) is 0 Å². The summed E-state index contributed by atoms with van der Waals surface area (Å²) >= 11 is 1.93. The van der Waals surface area contributed by atoms with Crippen molar-refractivity contribution in [3.05, 3.63) is 15.6 Å². The van der Waals surface area contributed by atoms with E-state index in [1.54, 1.807) is 0 Å². The van der Waals surface area contributed by atoms with E-state index in [2.05, 4.69) is 33.0 Å². The number of thiazole rings is 1. The fraction of sp³-hybridized carbons (Fsp3) is 0.824. The van der Waals surface area contributed by atoms with Crippen LogP contribution in [0.3, 0.4) is 0 Å². The van der Waals surface area contributed by atoms with Crippen LogP contribution in [0.5, 0.6) is 0 Å². The molecule has 1 aromatic rings. The second-order valence-electron chi connectivity index (χ2n) is 7.68. The molecule has 1 unspecified atom stereocenters. The van der Waals surface area contributed by atoms with Gasteiger partial charge in [-0.25, -0.2) is 4.98 Å². The van der Waals surface area contributed by atoms with Gasteiger partial charge in [0, 0.05) is 10.9 Å². The van der Waals surface area contributed by atoms with E-state index in [4.69, 9.17) is 4.98 Å². The standard InChI is InChI=1S/C17H28N2S/c1-12-13(2)20-15(18-12)17(19-14-6-7-14)9-5-8-16(3,4)10-11-17/h14,19H,5-11H2,1-4H3. The number of hydrogen-bond donors (Lipinski definition) is 1. The number of nitrogens with one attached hydrogen (secondary N) is 1. The van der Waals surface area contributed by atoms with Crippen molar-refractivity contribution in [3.8, 4) is 0 Å². The van der Waals surface area contributed by atoms with Crippen LogP contribution in [0.15, 0.2) is 0 Å². The summed E-state index contributed by atoms with van der Waals surface area (Å²) in [5, 5.41) is 5.35. The third-order valence-electron chi connectivity index (χ3n) is 5.18. The van der Waals surface area contributed by atoms with E-state index >= 15 is 0 Å². The van der Waals surface area contributed by atoms with Gasteiger partial charge in [0.25, 0.3) is 0 Å². The molecule has 2 fully saturated rings. The fourth-order valence-corrected chi connectivity index (χ4v) is 4.51. The summed E-state index contributed by atoms with van der Waals surface area (Å²) in [6, 6.07) is 0.751. The highest BCUT2D eigenvalue weighted by Gasteiger charge is 2.42. The van der Waals surface area contributed by atoms with E-state index in [1.807, 2.05) is 11.3 Å². The summed E-state index contributed by atoms with van der Waals surface area (Å²) in [6.45, 7) is 9.22. The molecule has 2 aliphatic carbocycles. The molecule has 3 heteroatoms. The second-order valence-corrected chi connectivity index (χ2v) is 8.88. The first-order valence-corrected chi connectivity index (χ1v) is 8.94. The predicted molar refractivity (Wildman–Crippen MR) is 86.3 cm³/mol. The van der Waals surface area contributed by atoms with Gasteiger partial charge in [-0.2, -0.15) is 0 Å². The van der Waals surface area contributed by atoms with Gasteiger partial charge in [0.1, 0.15) is 5.01 Å². The van der Waals surface area contributed by atoms with Gasteiger partial charge in [-0.3, -0.25) is 0 Å². The molecule has 0 saturated heterocycles. The van der Waals surface area contributed by atoms with Gasteiger partial charge in [-0.15, -0.1) is 11.3 Å².